The molecule has 0 aliphatic rings. The van der Waals surface area contributed by atoms with E-state index in [0.29, 0.717) is 10.2 Å². The van der Waals surface area contributed by atoms with Crippen LogP contribution in [0.15, 0.2) is 27.6 Å². The molecule has 6 heteroatoms. The normalized spacial score (nSPS) is 13.3. The van der Waals surface area contributed by atoms with Gasteiger partial charge in [0.2, 0.25) is 10.0 Å². The molecule has 0 saturated carbocycles. The van der Waals surface area contributed by atoms with Crippen LogP contribution in [0.25, 0.3) is 0 Å². The number of hydrogen-bond acceptors (Lipinski definition) is 3. The van der Waals surface area contributed by atoms with Gasteiger partial charge in [0.15, 0.2) is 0 Å². The molecule has 0 saturated heterocycles. The molecule has 0 bridgehead atoms. The summed E-state index contributed by atoms with van der Waals surface area (Å²) in [5.74, 6) is 0.342. The smallest absolute Gasteiger partial charge is 0.244 e. The van der Waals surface area contributed by atoms with Gasteiger partial charge in [0, 0.05) is 10.5 Å². The Bertz CT molecular complexity index is 502. The minimum atomic E-state index is -3.55. The maximum absolute atomic E-state index is 12.2. The van der Waals surface area contributed by atoms with E-state index in [1.165, 1.54) is 7.11 Å². The molecule has 0 fully saturated rings. The largest absolute Gasteiger partial charge is 0.495 e. The molecule has 1 rings (SSSR count). The summed E-state index contributed by atoms with van der Waals surface area (Å²) in [4.78, 5) is 0.155. The molecule has 4 nitrogen and oxygen atoms in total. The van der Waals surface area contributed by atoms with E-state index in [-0.39, 0.29) is 10.9 Å². The second-order valence-corrected chi connectivity index (χ2v) is 6.70. The zero-order chi connectivity index (χ0) is 13.8. The highest BCUT2D eigenvalue weighted by Gasteiger charge is 2.21. The van der Waals surface area contributed by atoms with Crippen molar-refractivity contribution < 1.29 is 13.2 Å². The first-order chi connectivity index (χ1) is 8.40. The Morgan fingerprint density at radius 2 is 2.11 bits per heavy atom. The van der Waals surface area contributed by atoms with Crippen molar-refractivity contribution in [3.05, 3.63) is 22.7 Å². The number of nitrogens with one attached hydrogen (secondary N) is 1. The monoisotopic (exact) mass is 335 g/mol. The van der Waals surface area contributed by atoms with Gasteiger partial charge < -0.3 is 4.74 Å². The standard InChI is InChI=1S/C12H18BrNO3S/c1-4-5-9(2)14-18(15,16)12-8-10(13)6-7-11(12)17-3/h6-9,14H,4-5H2,1-3H3/t9-/m0/s1. The van der Waals surface area contributed by atoms with Crippen molar-refractivity contribution >= 4 is 26.0 Å². The van der Waals surface area contributed by atoms with Crippen molar-refractivity contribution in [2.24, 2.45) is 0 Å². The molecule has 18 heavy (non-hydrogen) atoms. The zero-order valence-electron chi connectivity index (χ0n) is 10.7. The lowest BCUT2D eigenvalue weighted by atomic mass is 10.2. The minimum Gasteiger partial charge on any atom is -0.495 e. The van der Waals surface area contributed by atoms with Crippen LogP contribution in [0, 0.1) is 0 Å². The molecule has 0 radical (unpaired) electrons. The lowest BCUT2D eigenvalue weighted by Crippen LogP contribution is -2.32. The van der Waals surface area contributed by atoms with Gasteiger partial charge in [-0.1, -0.05) is 29.3 Å². The van der Waals surface area contributed by atoms with Gasteiger partial charge in [-0.25, -0.2) is 13.1 Å². The predicted octanol–water partition coefficient (Wildman–Crippen LogP) is 2.92. The van der Waals surface area contributed by atoms with Crippen molar-refractivity contribution in [3.8, 4) is 5.75 Å². The van der Waals surface area contributed by atoms with Crippen LogP contribution in [0.2, 0.25) is 0 Å². The molecule has 0 aliphatic carbocycles. The fourth-order valence-electron chi connectivity index (χ4n) is 1.68. The number of ether oxygens (including phenoxy) is 1. The van der Waals surface area contributed by atoms with Gasteiger partial charge in [-0.15, -0.1) is 0 Å². The van der Waals surface area contributed by atoms with Crippen LogP contribution in [-0.2, 0) is 10.0 Å². The Hall–Kier alpha value is -0.590. The number of benzene rings is 1. The zero-order valence-corrected chi connectivity index (χ0v) is 13.1. The van der Waals surface area contributed by atoms with E-state index in [1.54, 1.807) is 18.2 Å². The quantitative estimate of drug-likeness (QED) is 0.869. The van der Waals surface area contributed by atoms with E-state index in [2.05, 4.69) is 20.7 Å². The number of methoxy groups -OCH3 is 1. The summed E-state index contributed by atoms with van der Waals surface area (Å²) >= 11 is 3.27. The van der Waals surface area contributed by atoms with Crippen LogP contribution in [0.4, 0.5) is 0 Å². The Kier molecular flexibility index (Phi) is 5.62. The Balaban J connectivity index is 3.07. The van der Waals surface area contributed by atoms with Gasteiger partial charge in [0.1, 0.15) is 10.6 Å². The summed E-state index contributed by atoms with van der Waals surface area (Å²) in [6.07, 6.45) is 1.73. The van der Waals surface area contributed by atoms with Gasteiger partial charge >= 0.3 is 0 Å². The Morgan fingerprint density at radius 1 is 1.44 bits per heavy atom. The van der Waals surface area contributed by atoms with Crippen LogP contribution >= 0.6 is 15.9 Å². The molecule has 0 amide bonds. The predicted molar refractivity (Wildman–Crippen MR) is 75.4 cm³/mol. The van der Waals surface area contributed by atoms with Gasteiger partial charge in [-0.2, -0.15) is 0 Å². The molecule has 102 valence electrons. The van der Waals surface area contributed by atoms with Crippen LogP contribution in [0.3, 0.4) is 0 Å². The summed E-state index contributed by atoms with van der Waals surface area (Å²) in [7, 11) is -2.10. The van der Waals surface area contributed by atoms with Crippen LogP contribution in [0.5, 0.6) is 5.75 Å². The topological polar surface area (TPSA) is 55.4 Å². The van der Waals surface area contributed by atoms with E-state index in [4.69, 9.17) is 4.74 Å². The van der Waals surface area contributed by atoms with E-state index in [0.717, 1.165) is 12.8 Å². The third-order valence-electron chi connectivity index (χ3n) is 2.49. The van der Waals surface area contributed by atoms with E-state index in [1.807, 2.05) is 13.8 Å². The average Bonchev–Trinajstić information content (AvgIpc) is 2.28. The third kappa shape index (κ3) is 3.96. The molecular weight excluding hydrogens is 318 g/mol. The number of hydrogen-bond donors (Lipinski definition) is 1. The van der Waals surface area contributed by atoms with Gasteiger partial charge in [0.25, 0.3) is 0 Å². The molecule has 1 N–H and O–H groups in total. The van der Waals surface area contributed by atoms with Crippen LogP contribution in [-0.4, -0.2) is 21.6 Å². The highest BCUT2D eigenvalue weighted by Crippen LogP contribution is 2.27. The number of halogens is 1. The summed E-state index contributed by atoms with van der Waals surface area (Å²) in [5.41, 5.74) is 0. The minimum absolute atomic E-state index is 0.0938. The molecular formula is C12H18BrNO3S. The van der Waals surface area contributed by atoms with Crippen molar-refractivity contribution in [3.63, 3.8) is 0 Å². The first-order valence-corrected chi connectivity index (χ1v) is 8.04. The van der Waals surface area contributed by atoms with Crippen molar-refractivity contribution in [2.45, 2.75) is 37.6 Å². The van der Waals surface area contributed by atoms with Crippen LogP contribution in [0.1, 0.15) is 26.7 Å². The van der Waals surface area contributed by atoms with Crippen molar-refractivity contribution in [1.29, 1.82) is 0 Å². The first kappa shape index (κ1) is 15.5. The highest BCUT2D eigenvalue weighted by atomic mass is 79.9. The van der Waals surface area contributed by atoms with E-state index >= 15 is 0 Å². The maximum atomic E-state index is 12.2. The number of rotatable bonds is 6. The van der Waals surface area contributed by atoms with Gasteiger partial charge in [0.05, 0.1) is 7.11 Å². The third-order valence-corrected chi connectivity index (χ3v) is 4.60. The summed E-state index contributed by atoms with van der Waals surface area (Å²) in [6, 6.07) is 4.82. The molecule has 0 heterocycles. The Labute approximate surface area is 117 Å². The fraction of sp³-hybridized carbons (Fsp3) is 0.500. The van der Waals surface area contributed by atoms with E-state index < -0.39 is 10.0 Å². The molecule has 0 unspecified atom stereocenters. The number of sulfonamides is 1. The van der Waals surface area contributed by atoms with Gasteiger partial charge in [-0.3, -0.25) is 0 Å². The summed E-state index contributed by atoms with van der Waals surface area (Å²) in [5, 5.41) is 0. The summed E-state index contributed by atoms with van der Waals surface area (Å²) < 4.78 is 32.9. The molecule has 1 atom stereocenters. The van der Waals surface area contributed by atoms with Crippen LogP contribution < -0.4 is 9.46 Å². The fourth-order valence-corrected chi connectivity index (χ4v) is 3.67. The second-order valence-electron chi connectivity index (χ2n) is 4.11. The van der Waals surface area contributed by atoms with E-state index in [9.17, 15) is 8.42 Å². The molecule has 0 aliphatic heterocycles. The second kappa shape index (κ2) is 6.54. The molecule has 0 aromatic heterocycles. The molecule has 0 spiro atoms. The SMILES string of the molecule is CCC[C@H](C)NS(=O)(=O)c1cc(Br)ccc1OC. The summed E-state index contributed by atoms with van der Waals surface area (Å²) in [6.45, 7) is 3.87. The highest BCUT2D eigenvalue weighted by molar-refractivity contribution is 9.10. The molecule has 1 aromatic carbocycles. The average molecular weight is 336 g/mol. The molecule has 1 aromatic rings. The van der Waals surface area contributed by atoms with Crippen molar-refractivity contribution in [2.75, 3.05) is 7.11 Å². The first-order valence-electron chi connectivity index (χ1n) is 5.76. The van der Waals surface area contributed by atoms with Crippen molar-refractivity contribution in [1.82, 2.24) is 4.72 Å². The Morgan fingerprint density at radius 3 is 2.67 bits per heavy atom. The maximum Gasteiger partial charge on any atom is 0.244 e. The van der Waals surface area contributed by atoms with Gasteiger partial charge in [-0.05, 0) is 31.5 Å². The lowest BCUT2D eigenvalue weighted by Gasteiger charge is -2.15. The lowest BCUT2D eigenvalue weighted by molar-refractivity contribution is 0.402.